The molecule has 5 heteroatoms. The molecule has 0 aliphatic heterocycles. The smallest absolute Gasteiger partial charge is 0.244 e. The third-order valence-corrected chi connectivity index (χ3v) is 4.05. The molecular weight excluding hydrogens is 356 g/mol. The third-order valence-electron chi connectivity index (χ3n) is 3.43. The second-order valence-corrected chi connectivity index (χ2v) is 6.15. The predicted octanol–water partition coefficient (Wildman–Crippen LogP) is 3.77. The number of nitrogens with one attached hydrogen (secondary N) is 1. The fraction of sp³-hybridized carbons (Fsp3) is 0.222. The Hall–Kier alpha value is -2.14. The molecule has 23 heavy (non-hydrogen) atoms. The fourth-order valence-corrected chi connectivity index (χ4v) is 2.70. The molecule has 0 saturated carbocycles. The lowest BCUT2D eigenvalue weighted by Crippen LogP contribution is -2.20. The summed E-state index contributed by atoms with van der Waals surface area (Å²) in [4.78, 5) is 12.0. The topological polar surface area (TPSA) is 50.7 Å². The molecule has 0 aliphatic carbocycles. The Morgan fingerprint density at radius 2 is 2.04 bits per heavy atom. The summed E-state index contributed by atoms with van der Waals surface area (Å²) in [5.74, 6) is 0.614. The van der Waals surface area contributed by atoms with Crippen LogP contribution in [-0.2, 0) is 11.2 Å². The molecule has 0 heterocycles. The van der Waals surface area contributed by atoms with Crippen LogP contribution in [0.25, 0.3) is 0 Å². The van der Waals surface area contributed by atoms with Gasteiger partial charge in [-0.05, 0) is 64.7 Å². The summed E-state index contributed by atoms with van der Waals surface area (Å²) in [5.41, 5.74) is 6.69. The number of carbonyl (C=O) groups is 1. The molecule has 2 rings (SSSR count). The molecule has 120 valence electrons. The molecule has 1 N–H and O–H groups in total. The summed E-state index contributed by atoms with van der Waals surface area (Å²) in [6, 6.07) is 11.7. The molecule has 0 spiro atoms. The number of ether oxygens (including phenoxy) is 1. The van der Waals surface area contributed by atoms with Crippen molar-refractivity contribution >= 4 is 28.1 Å². The van der Waals surface area contributed by atoms with Gasteiger partial charge in [-0.15, -0.1) is 0 Å². The first-order chi connectivity index (χ1) is 11.0. The summed E-state index contributed by atoms with van der Waals surface area (Å²) in [6.07, 6.45) is 1.92. The number of halogens is 1. The van der Waals surface area contributed by atoms with Crippen LogP contribution < -0.4 is 10.2 Å². The van der Waals surface area contributed by atoms with Gasteiger partial charge in [-0.3, -0.25) is 4.79 Å². The SMILES string of the molecule is COc1ccc(/C=N/NC(=O)Cc2cc(C)ccc2C)cc1Br. The molecule has 0 unspecified atom stereocenters. The van der Waals surface area contributed by atoms with Crippen LogP contribution in [0.4, 0.5) is 0 Å². The number of hydrogen-bond acceptors (Lipinski definition) is 3. The van der Waals surface area contributed by atoms with E-state index in [1.165, 1.54) is 0 Å². The maximum Gasteiger partial charge on any atom is 0.244 e. The maximum atomic E-state index is 12.0. The van der Waals surface area contributed by atoms with E-state index >= 15 is 0 Å². The Morgan fingerprint density at radius 3 is 2.74 bits per heavy atom. The summed E-state index contributed by atoms with van der Waals surface area (Å²) in [5, 5.41) is 4.00. The standard InChI is InChI=1S/C18H19BrN2O2/c1-12-4-5-13(2)15(8-12)10-18(22)21-20-11-14-6-7-17(23-3)16(19)9-14/h4-9,11H,10H2,1-3H3,(H,21,22)/b20-11+. The summed E-state index contributed by atoms with van der Waals surface area (Å²) < 4.78 is 6.01. The Kier molecular flexibility index (Phi) is 5.93. The number of carbonyl (C=O) groups excluding carboxylic acids is 1. The average molecular weight is 375 g/mol. The van der Waals surface area contributed by atoms with Crippen LogP contribution in [-0.4, -0.2) is 19.2 Å². The Balaban J connectivity index is 1.96. The number of nitrogens with zero attached hydrogens (tertiary/aromatic N) is 1. The van der Waals surface area contributed by atoms with Crippen molar-refractivity contribution in [2.24, 2.45) is 5.10 Å². The lowest BCUT2D eigenvalue weighted by Gasteiger charge is -2.06. The van der Waals surface area contributed by atoms with Crippen molar-refractivity contribution in [3.05, 3.63) is 63.1 Å². The van der Waals surface area contributed by atoms with Crippen molar-refractivity contribution in [1.29, 1.82) is 0 Å². The van der Waals surface area contributed by atoms with Crippen LogP contribution in [0.5, 0.6) is 5.75 Å². The molecule has 4 nitrogen and oxygen atoms in total. The highest BCUT2D eigenvalue weighted by atomic mass is 79.9. The molecule has 2 aromatic rings. The summed E-state index contributed by atoms with van der Waals surface area (Å²) in [6.45, 7) is 4.01. The highest BCUT2D eigenvalue weighted by Gasteiger charge is 2.05. The Labute approximate surface area is 144 Å². The van der Waals surface area contributed by atoms with Gasteiger partial charge in [0.15, 0.2) is 0 Å². The quantitative estimate of drug-likeness (QED) is 0.639. The lowest BCUT2D eigenvalue weighted by molar-refractivity contribution is -0.120. The van der Waals surface area contributed by atoms with E-state index in [1.54, 1.807) is 13.3 Å². The summed E-state index contributed by atoms with van der Waals surface area (Å²) >= 11 is 3.41. The first-order valence-electron chi connectivity index (χ1n) is 7.21. The van der Waals surface area contributed by atoms with Gasteiger partial charge in [-0.2, -0.15) is 5.10 Å². The van der Waals surface area contributed by atoms with Crippen LogP contribution in [0.3, 0.4) is 0 Å². The second-order valence-electron chi connectivity index (χ2n) is 5.29. The largest absolute Gasteiger partial charge is 0.496 e. The monoisotopic (exact) mass is 374 g/mol. The minimum absolute atomic E-state index is 0.137. The molecule has 2 aromatic carbocycles. The number of hydrogen-bond donors (Lipinski definition) is 1. The number of rotatable bonds is 5. The molecule has 0 bridgehead atoms. The molecule has 1 amide bonds. The molecule has 0 aromatic heterocycles. The van der Waals surface area contributed by atoms with E-state index in [4.69, 9.17) is 4.74 Å². The second kappa shape index (κ2) is 7.92. The molecule has 0 fully saturated rings. The molecule has 0 radical (unpaired) electrons. The average Bonchev–Trinajstić information content (AvgIpc) is 2.51. The van der Waals surface area contributed by atoms with E-state index in [0.717, 1.165) is 32.5 Å². The van der Waals surface area contributed by atoms with Crippen LogP contribution in [0.15, 0.2) is 46.0 Å². The van der Waals surface area contributed by atoms with Crippen molar-refractivity contribution in [1.82, 2.24) is 5.43 Å². The van der Waals surface area contributed by atoms with Crippen LogP contribution >= 0.6 is 15.9 Å². The maximum absolute atomic E-state index is 12.0. The number of hydrazone groups is 1. The number of methoxy groups -OCH3 is 1. The van der Waals surface area contributed by atoms with Crippen molar-refractivity contribution < 1.29 is 9.53 Å². The molecule has 0 aliphatic rings. The van der Waals surface area contributed by atoms with Crippen LogP contribution in [0.1, 0.15) is 22.3 Å². The minimum Gasteiger partial charge on any atom is -0.496 e. The van der Waals surface area contributed by atoms with E-state index in [9.17, 15) is 4.79 Å². The van der Waals surface area contributed by atoms with Crippen molar-refractivity contribution in [3.63, 3.8) is 0 Å². The Morgan fingerprint density at radius 1 is 1.26 bits per heavy atom. The van der Waals surface area contributed by atoms with Gasteiger partial charge in [-0.1, -0.05) is 23.8 Å². The molecule has 0 atom stereocenters. The highest BCUT2D eigenvalue weighted by Crippen LogP contribution is 2.24. The number of aryl methyl sites for hydroxylation is 2. The van der Waals surface area contributed by atoms with E-state index in [-0.39, 0.29) is 5.91 Å². The highest BCUT2D eigenvalue weighted by molar-refractivity contribution is 9.10. The molecular formula is C18H19BrN2O2. The number of amides is 1. The van der Waals surface area contributed by atoms with Gasteiger partial charge >= 0.3 is 0 Å². The van der Waals surface area contributed by atoms with Crippen LogP contribution in [0.2, 0.25) is 0 Å². The Bertz CT molecular complexity index is 742. The van der Waals surface area contributed by atoms with E-state index in [2.05, 4.69) is 26.5 Å². The fourth-order valence-electron chi connectivity index (χ4n) is 2.14. The van der Waals surface area contributed by atoms with Gasteiger partial charge in [0.25, 0.3) is 0 Å². The first kappa shape index (κ1) is 17.2. The van der Waals surface area contributed by atoms with Gasteiger partial charge in [0.2, 0.25) is 5.91 Å². The zero-order chi connectivity index (χ0) is 16.8. The predicted molar refractivity (Wildman–Crippen MR) is 96.1 cm³/mol. The van der Waals surface area contributed by atoms with Crippen molar-refractivity contribution in [3.8, 4) is 5.75 Å². The van der Waals surface area contributed by atoms with Gasteiger partial charge in [0.1, 0.15) is 5.75 Å². The lowest BCUT2D eigenvalue weighted by atomic mass is 10.0. The van der Waals surface area contributed by atoms with Crippen molar-refractivity contribution in [2.45, 2.75) is 20.3 Å². The first-order valence-corrected chi connectivity index (χ1v) is 8.00. The van der Waals surface area contributed by atoms with Gasteiger partial charge < -0.3 is 4.74 Å². The van der Waals surface area contributed by atoms with Gasteiger partial charge in [0.05, 0.1) is 24.2 Å². The number of benzene rings is 2. The minimum atomic E-state index is -0.137. The zero-order valence-electron chi connectivity index (χ0n) is 13.4. The summed E-state index contributed by atoms with van der Waals surface area (Å²) in [7, 11) is 1.61. The van der Waals surface area contributed by atoms with Gasteiger partial charge in [0, 0.05) is 0 Å². The third kappa shape index (κ3) is 4.93. The van der Waals surface area contributed by atoms with Crippen LogP contribution in [0, 0.1) is 13.8 Å². The van der Waals surface area contributed by atoms with E-state index < -0.39 is 0 Å². The van der Waals surface area contributed by atoms with E-state index in [0.29, 0.717) is 6.42 Å². The van der Waals surface area contributed by atoms with E-state index in [1.807, 2.05) is 50.2 Å². The zero-order valence-corrected chi connectivity index (χ0v) is 15.0. The molecule has 0 saturated heterocycles. The van der Waals surface area contributed by atoms with Crippen molar-refractivity contribution in [2.75, 3.05) is 7.11 Å². The van der Waals surface area contributed by atoms with Gasteiger partial charge in [-0.25, -0.2) is 5.43 Å². The normalized spacial score (nSPS) is 10.8.